The number of nitrogens with zero attached hydrogens (tertiary/aromatic N) is 3. The van der Waals surface area contributed by atoms with Crippen LogP contribution in [-0.4, -0.2) is 54.8 Å². The van der Waals surface area contributed by atoms with Gasteiger partial charge in [0, 0.05) is 33.1 Å². The summed E-state index contributed by atoms with van der Waals surface area (Å²) in [4.78, 5) is 0. The largest absolute Gasteiger partial charge is 0.409 e. The molecule has 0 aliphatic carbocycles. The molecule has 0 amide bonds. The van der Waals surface area contributed by atoms with Crippen molar-refractivity contribution in [3.8, 4) is 0 Å². The summed E-state index contributed by atoms with van der Waals surface area (Å²) in [6.07, 6.45) is 2.04. The second-order valence-electron chi connectivity index (χ2n) is 3.78. The number of nitrogens with two attached hydrogens (primary N) is 1. The first-order chi connectivity index (χ1) is 7.48. The molecule has 1 saturated heterocycles. The van der Waals surface area contributed by atoms with Gasteiger partial charge < -0.3 is 10.9 Å². The van der Waals surface area contributed by atoms with Gasteiger partial charge in [0.25, 0.3) is 10.2 Å². The van der Waals surface area contributed by atoms with E-state index in [4.69, 9.17) is 10.9 Å². The highest BCUT2D eigenvalue weighted by Gasteiger charge is 2.28. The van der Waals surface area contributed by atoms with Crippen LogP contribution in [0.3, 0.4) is 0 Å². The molecule has 0 bridgehead atoms. The van der Waals surface area contributed by atoms with Crippen LogP contribution in [0.4, 0.5) is 0 Å². The summed E-state index contributed by atoms with van der Waals surface area (Å²) >= 11 is 0. The Morgan fingerprint density at radius 3 is 2.56 bits per heavy atom. The first-order valence-corrected chi connectivity index (χ1v) is 6.56. The van der Waals surface area contributed by atoms with Gasteiger partial charge in [-0.15, -0.1) is 0 Å². The van der Waals surface area contributed by atoms with Crippen LogP contribution in [0.5, 0.6) is 0 Å². The van der Waals surface area contributed by atoms with E-state index in [-0.39, 0.29) is 18.8 Å². The topological polar surface area (TPSA) is 99.2 Å². The second-order valence-corrected chi connectivity index (χ2v) is 5.81. The van der Waals surface area contributed by atoms with Crippen molar-refractivity contribution in [3.63, 3.8) is 0 Å². The maximum atomic E-state index is 11.9. The van der Waals surface area contributed by atoms with Crippen LogP contribution in [0.15, 0.2) is 5.16 Å². The number of hydrogen-bond acceptors (Lipinski definition) is 4. The van der Waals surface area contributed by atoms with Gasteiger partial charge in [-0.2, -0.15) is 17.0 Å². The number of hydrogen-bond donors (Lipinski definition) is 2. The van der Waals surface area contributed by atoms with Crippen molar-refractivity contribution in [2.75, 3.05) is 26.7 Å². The SMILES string of the molecule is CN(CC/C(N)=N/O)S(=O)(=O)N1CCCC1. The molecular weight excluding hydrogens is 232 g/mol. The predicted molar refractivity (Wildman–Crippen MR) is 60.4 cm³/mol. The minimum atomic E-state index is -3.37. The van der Waals surface area contributed by atoms with Crippen LogP contribution in [-0.2, 0) is 10.2 Å². The molecular formula is C8H18N4O3S. The van der Waals surface area contributed by atoms with Gasteiger partial charge in [-0.3, -0.25) is 0 Å². The first kappa shape index (κ1) is 13.2. The zero-order valence-corrected chi connectivity index (χ0v) is 10.2. The molecule has 8 heteroatoms. The molecule has 1 rings (SSSR count). The zero-order valence-electron chi connectivity index (χ0n) is 9.33. The second kappa shape index (κ2) is 5.46. The van der Waals surface area contributed by atoms with Crippen molar-refractivity contribution < 1.29 is 13.6 Å². The highest BCUT2D eigenvalue weighted by Crippen LogP contribution is 2.15. The van der Waals surface area contributed by atoms with E-state index < -0.39 is 10.2 Å². The normalized spacial score (nSPS) is 19.5. The molecule has 0 spiro atoms. The lowest BCUT2D eigenvalue weighted by Crippen LogP contribution is -2.41. The molecule has 1 aliphatic heterocycles. The Balaban J connectivity index is 2.54. The molecule has 16 heavy (non-hydrogen) atoms. The van der Waals surface area contributed by atoms with E-state index in [9.17, 15) is 8.42 Å². The fourth-order valence-corrected chi connectivity index (χ4v) is 2.99. The molecule has 0 unspecified atom stereocenters. The highest BCUT2D eigenvalue weighted by molar-refractivity contribution is 7.86. The average Bonchev–Trinajstić information content (AvgIpc) is 2.78. The standard InChI is InChI=1S/C8H18N4O3S/c1-11(7-4-8(9)10-13)16(14,15)12-5-2-3-6-12/h13H,2-7H2,1H3,(H2,9,10). The molecule has 0 aromatic rings. The third kappa shape index (κ3) is 3.06. The van der Waals surface area contributed by atoms with Crippen LogP contribution in [0, 0.1) is 0 Å². The van der Waals surface area contributed by atoms with Gasteiger partial charge >= 0.3 is 0 Å². The summed E-state index contributed by atoms with van der Waals surface area (Å²) < 4.78 is 26.6. The van der Waals surface area contributed by atoms with Gasteiger partial charge in [0.1, 0.15) is 5.84 Å². The molecule has 1 heterocycles. The number of rotatable bonds is 5. The van der Waals surface area contributed by atoms with Gasteiger partial charge in [-0.1, -0.05) is 5.16 Å². The van der Waals surface area contributed by atoms with Crippen LogP contribution < -0.4 is 5.73 Å². The molecule has 0 radical (unpaired) electrons. The van der Waals surface area contributed by atoms with Crippen molar-refractivity contribution in [1.82, 2.24) is 8.61 Å². The van der Waals surface area contributed by atoms with Gasteiger partial charge in [0.15, 0.2) is 0 Å². The van der Waals surface area contributed by atoms with Crippen molar-refractivity contribution in [2.24, 2.45) is 10.9 Å². The Morgan fingerprint density at radius 2 is 2.06 bits per heavy atom. The summed E-state index contributed by atoms with van der Waals surface area (Å²) in [5, 5.41) is 11.1. The zero-order chi connectivity index (χ0) is 12.2. The summed E-state index contributed by atoms with van der Waals surface area (Å²) in [6, 6.07) is 0. The van der Waals surface area contributed by atoms with Crippen molar-refractivity contribution in [2.45, 2.75) is 19.3 Å². The smallest absolute Gasteiger partial charge is 0.281 e. The van der Waals surface area contributed by atoms with E-state index in [1.807, 2.05) is 0 Å². The Bertz CT molecular complexity index is 348. The fraction of sp³-hybridized carbons (Fsp3) is 0.875. The lowest BCUT2D eigenvalue weighted by molar-refractivity contribution is 0.315. The van der Waals surface area contributed by atoms with E-state index in [1.165, 1.54) is 15.7 Å². The van der Waals surface area contributed by atoms with Crippen molar-refractivity contribution in [3.05, 3.63) is 0 Å². The maximum Gasteiger partial charge on any atom is 0.281 e. The summed E-state index contributed by atoms with van der Waals surface area (Å²) in [7, 11) is -1.87. The molecule has 0 aromatic carbocycles. The van der Waals surface area contributed by atoms with Gasteiger partial charge in [0.2, 0.25) is 0 Å². The fourth-order valence-electron chi connectivity index (χ4n) is 1.55. The molecule has 0 aromatic heterocycles. The highest BCUT2D eigenvalue weighted by atomic mass is 32.2. The van der Waals surface area contributed by atoms with E-state index in [1.54, 1.807) is 0 Å². The molecule has 1 fully saturated rings. The van der Waals surface area contributed by atoms with E-state index in [0.717, 1.165) is 12.8 Å². The van der Waals surface area contributed by atoms with Crippen molar-refractivity contribution in [1.29, 1.82) is 0 Å². The first-order valence-electron chi connectivity index (χ1n) is 5.16. The van der Waals surface area contributed by atoms with Gasteiger partial charge in [0.05, 0.1) is 0 Å². The van der Waals surface area contributed by atoms with Crippen LogP contribution in [0.2, 0.25) is 0 Å². The average molecular weight is 250 g/mol. The quantitative estimate of drug-likeness (QED) is 0.294. The predicted octanol–water partition coefficient (Wildman–Crippen LogP) is -0.605. The van der Waals surface area contributed by atoms with E-state index >= 15 is 0 Å². The molecule has 3 N–H and O–H groups in total. The minimum absolute atomic E-state index is 0.0310. The third-order valence-corrected chi connectivity index (χ3v) is 4.58. The van der Waals surface area contributed by atoms with E-state index in [2.05, 4.69) is 5.16 Å². The molecule has 0 atom stereocenters. The Kier molecular flexibility index (Phi) is 4.51. The number of amidine groups is 1. The summed E-state index contributed by atoms with van der Waals surface area (Å²) in [5.41, 5.74) is 5.28. The molecule has 94 valence electrons. The summed E-state index contributed by atoms with van der Waals surface area (Å²) in [5.74, 6) is 0.0310. The van der Waals surface area contributed by atoms with Gasteiger partial charge in [-0.25, -0.2) is 0 Å². The Labute approximate surface area is 95.7 Å². The molecule has 1 aliphatic rings. The van der Waals surface area contributed by atoms with Gasteiger partial charge in [-0.05, 0) is 12.8 Å². The Morgan fingerprint density at radius 1 is 1.50 bits per heavy atom. The number of oxime groups is 1. The summed E-state index contributed by atoms with van der Waals surface area (Å²) in [6.45, 7) is 1.38. The lowest BCUT2D eigenvalue weighted by atomic mass is 10.4. The minimum Gasteiger partial charge on any atom is -0.409 e. The van der Waals surface area contributed by atoms with E-state index in [0.29, 0.717) is 13.1 Å². The molecule has 7 nitrogen and oxygen atoms in total. The van der Waals surface area contributed by atoms with Crippen molar-refractivity contribution >= 4 is 16.0 Å². The Hall–Kier alpha value is -0.860. The maximum absolute atomic E-state index is 11.9. The molecule has 0 saturated carbocycles. The van der Waals surface area contributed by atoms with Crippen LogP contribution in [0.25, 0.3) is 0 Å². The monoisotopic (exact) mass is 250 g/mol. The van der Waals surface area contributed by atoms with Crippen LogP contribution in [0.1, 0.15) is 19.3 Å². The third-order valence-electron chi connectivity index (χ3n) is 2.60. The lowest BCUT2D eigenvalue weighted by Gasteiger charge is -2.23. The van der Waals surface area contributed by atoms with Crippen LogP contribution >= 0.6 is 0 Å².